The van der Waals surface area contributed by atoms with Crippen molar-refractivity contribution in [3.05, 3.63) is 126 Å². The Labute approximate surface area is 210 Å². The van der Waals surface area contributed by atoms with Crippen molar-refractivity contribution in [1.82, 2.24) is 4.57 Å². The lowest BCUT2D eigenvalue weighted by Gasteiger charge is -2.21. The summed E-state index contributed by atoms with van der Waals surface area (Å²) < 4.78 is 2.46. The predicted molar refractivity (Wildman–Crippen MR) is 153 cm³/mol. The molecule has 0 bridgehead atoms. The van der Waals surface area contributed by atoms with E-state index >= 15 is 0 Å². The van der Waals surface area contributed by atoms with E-state index in [4.69, 9.17) is 0 Å². The van der Waals surface area contributed by atoms with Crippen LogP contribution < -0.4 is 0 Å². The number of nitrogens with zero attached hydrogens (tertiary/aromatic N) is 1. The van der Waals surface area contributed by atoms with E-state index < -0.39 is 0 Å². The van der Waals surface area contributed by atoms with Crippen LogP contribution in [0.4, 0.5) is 0 Å². The van der Waals surface area contributed by atoms with Crippen LogP contribution >= 0.6 is 0 Å². The van der Waals surface area contributed by atoms with Gasteiger partial charge in [-0.25, -0.2) is 0 Å². The van der Waals surface area contributed by atoms with Crippen LogP contribution in [0, 0.1) is 0 Å². The van der Waals surface area contributed by atoms with E-state index in [0.29, 0.717) is 0 Å². The zero-order valence-corrected chi connectivity index (χ0v) is 20.4. The number of hydrogen-bond donors (Lipinski definition) is 0. The van der Waals surface area contributed by atoms with Gasteiger partial charge in [-0.05, 0) is 74.1 Å². The fourth-order valence-corrected chi connectivity index (χ4v) is 6.57. The first-order valence-corrected chi connectivity index (χ1v) is 12.7. The number of hydrogen-bond acceptors (Lipinski definition) is 0. The molecule has 0 aliphatic heterocycles. The standard InChI is InChI=1S/C35H25N/c1-35(2)31-13-7-5-11-26(31)29-20-30-27-12-6-8-14-33(27)36(34(30)21-32(29)35)24-18-17-23-16-15-22-9-3-4-10-25(22)28(23)19-24/h3-21H,1-2H3. The van der Waals surface area contributed by atoms with Gasteiger partial charge in [-0.2, -0.15) is 0 Å². The highest BCUT2D eigenvalue weighted by Gasteiger charge is 2.36. The second-order valence-electron chi connectivity index (χ2n) is 10.6. The molecule has 0 unspecified atom stereocenters. The number of aromatic nitrogens is 1. The average molecular weight is 460 g/mol. The summed E-state index contributed by atoms with van der Waals surface area (Å²) in [4.78, 5) is 0. The molecule has 0 atom stereocenters. The van der Waals surface area contributed by atoms with Crippen LogP contribution in [0.1, 0.15) is 25.0 Å². The maximum atomic E-state index is 2.46. The first-order chi connectivity index (χ1) is 17.6. The van der Waals surface area contributed by atoms with Gasteiger partial charge in [0.1, 0.15) is 0 Å². The van der Waals surface area contributed by atoms with Crippen molar-refractivity contribution >= 4 is 43.4 Å². The smallest absolute Gasteiger partial charge is 0.0544 e. The van der Waals surface area contributed by atoms with Gasteiger partial charge in [0, 0.05) is 21.9 Å². The number of fused-ring (bicyclic) bond motifs is 9. The van der Waals surface area contributed by atoms with Gasteiger partial charge in [0.25, 0.3) is 0 Å². The van der Waals surface area contributed by atoms with E-state index in [1.54, 1.807) is 0 Å². The maximum Gasteiger partial charge on any atom is 0.0544 e. The van der Waals surface area contributed by atoms with Gasteiger partial charge in [0.05, 0.1) is 11.0 Å². The van der Waals surface area contributed by atoms with Gasteiger partial charge in [-0.3, -0.25) is 0 Å². The summed E-state index contributed by atoms with van der Waals surface area (Å²) in [6.07, 6.45) is 0. The van der Waals surface area contributed by atoms with Crippen molar-refractivity contribution in [1.29, 1.82) is 0 Å². The first-order valence-electron chi connectivity index (χ1n) is 12.7. The quantitative estimate of drug-likeness (QED) is 0.215. The summed E-state index contributed by atoms with van der Waals surface area (Å²) in [5.74, 6) is 0. The number of rotatable bonds is 1. The molecule has 1 heterocycles. The molecular formula is C35H25N. The molecule has 7 aromatic rings. The molecule has 0 amide bonds. The summed E-state index contributed by atoms with van der Waals surface area (Å²) in [5, 5.41) is 7.77. The summed E-state index contributed by atoms with van der Waals surface area (Å²) in [6.45, 7) is 4.72. The third-order valence-corrected chi connectivity index (χ3v) is 8.36. The van der Waals surface area contributed by atoms with E-state index in [-0.39, 0.29) is 5.41 Å². The van der Waals surface area contributed by atoms with Crippen LogP contribution in [0.25, 0.3) is 60.2 Å². The molecule has 6 aromatic carbocycles. The lowest BCUT2D eigenvalue weighted by atomic mass is 9.82. The van der Waals surface area contributed by atoms with Crippen LogP contribution in [-0.4, -0.2) is 4.57 Å². The van der Waals surface area contributed by atoms with Gasteiger partial charge in [-0.15, -0.1) is 0 Å². The van der Waals surface area contributed by atoms with Crippen LogP contribution in [0.2, 0.25) is 0 Å². The van der Waals surface area contributed by atoms with Gasteiger partial charge >= 0.3 is 0 Å². The van der Waals surface area contributed by atoms with E-state index in [1.165, 1.54) is 71.3 Å². The van der Waals surface area contributed by atoms with Crippen molar-refractivity contribution in [2.75, 3.05) is 0 Å². The Bertz CT molecular complexity index is 2020. The molecule has 1 nitrogen and oxygen atoms in total. The monoisotopic (exact) mass is 459 g/mol. The van der Waals surface area contributed by atoms with Crippen LogP contribution in [0.5, 0.6) is 0 Å². The predicted octanol–water partition coefficient (Wildman–Crippen LogP) is 9.40. The molecular weight excluding hydrogens is 434 g/mol. The molecule has 0 fully saturated rings. The van der Waals surface area contributed by atoms with Gasteiger partial charge in [-0.1, -0.05) is 98.8 Å². The second-order valence-corrected chi connectivity index (χ2v) is 10.6. The van der Waals surface area contributed by atoms with Gasteiger partial charge < -0.3 is 4.57 Å². The lowest BCUT2D eigenvalue weighted by molar-refractivity contribution is 0.661. The fraction of sp³-hybridized carbons (Fsp3) is 0.0857. The van der Waals surface area contributed by atoms with Crippen LogP contribution in [-0.2, 0) is 5.41 Å². The normalized spacial score (nSPS) is 14.1. The molecule has 0 N–H and O–H groups in total. The Hall–Kier alpha value is -4.36. The molecule has 0 saturated heterocycles. The molecule has 1 aliphatic rings. The molecule has 36 heavy (non-hydrogen) atoms. The van der Waals surface area contributed by atoms with Crippen molar-refractivity contribution in [3.8, 4) is 16.8 Å². The van der Waals surface area contributed by atoms with Crippen molar-refractivity contribution in [3.63, 3.8) is 0 Å². The van der Waals surface area contributed by atoms with E-state index in [9.17, 15) is 0 Å². The van der Waals surface area contributed by atoms with Crippen LogP contribution in [0.3, 0.4) is 0 Å². The van der Waals surface area contributed by atoms with Crippen molar-refractivity contribution in [2.45, 2.75) is 19.3 Å². The molecule has 1 heteroatoms. The summed E-state index contributed by atoms with van der Waals surface area (Å²) >= 11 is 0. The molecule has 1 aliphatic carbocycles. The Morgan fingerprint density at radius 1 is 0.472 bits per heavy atom. The minimum Gasteiger partial charge on any atom is -0.309 e. The highest BCUT2D eigenvalue weighted by atomic mass is 15.0. The second kappa shape index (κ2) is 6.86. The number of benzene rings is 6. The summed E-state index contributed by atoms with van der Waals surface area (Å²) in [5.41, 5.74) is 9.27. The SMILES string of the molecule is CC1(C)c2ccccc2-c2cc3c4ccccc4n(-c4ccc5ccc6ccccc6c5c4)c3cc21. The molecule has 0 radical (unpaired) electrons. The number of para-hydroxylation sites is 1. The van der Waals surface area contributed by atoms with Gasteiger partial charge in [0.15, 0.2) is 0 Å². The minimum absolute atomic E-state index is 0.0268. The Kier molecular flexibility index (Phi) is 3.79. The van der Waals surface area contributed by atoms with Crippen LogP contribution in [0.15, 0.2) is 115 Å². The molecule has 0 saturated carbocycles. The third kappa shape index (κ3) is 2.50. The third-order valence-electron chi connectivity index (χ3n) is 8.36. The largest absolute Gasteiger partial charge is 0.309 e. The highest BCUT2D eigenvalue weighted by Crippen LogP contribution is 2.51. The topological polar surface area (TPSA) is 4.93 Å². The summed E-state index contributed by atoms with van der Waals surface area (Å²) in [6, 6.07) is 42.7. The lowest BCUT2D eigenvalue weighted by Crippen LogP contribution is -2.14. The van der Waals surface area contributed by atoms with E-state index in [1.807, 2.05) is 0 Å². The minimum atomic E-state index is -0.0268. The molecule has 0 spiro atoms. The van der Waals surface area contributed by atoms with Gasteiger partial charge in [0.2, 0.25) is 0 Å². The summed E-state index contributed by atoms with van der Waals surface area (Å²) in [7, 11) is 0. The Morgan fingerprint density at radius 2 is 1.17 bits per heavy atom. The maximum absolute atomic E-state index is 2.46. The molecule has 8 rings (SSSR count). The Balaban J connectivity index is 1.49. The average Bonchev–Trinajstić information content (AvgIpc) is 3.36. The molecule has 170 valence electrons. The molecule has 1 aromatic heterocycles. The van der Waals surface area contributed by atoms with E-state index in [2.05, 4.69) is 134 Å². The van der Waals surface area contributed by atoms with E-state index in [0.717, 1.165) is 0 Å². The van der Waals surface area contributed by atoms with Crippen molar-refractivity contribution < 1.29 is 0 Å². The fourth-order valence-electron chi connectivity index (χ4n) is 6.57. The highest BCUT2D eigenvalue weighted by molar-refractivity contribution is 6.13. The Morgan fingerprint density at radius 3 is 2.06 bits per heavy atom. The zero-order valence-electron chi connectivity index (χ0n) is 20.4. The first kappa shape index (κ1) is 19.9. The zero-order chi connectivity index (χ0) is 24.0. The van der Waals surface area contributed by atoms with Crippen molar-refractivity contribution in [2.24, 2.45) is 0 Å².